The first-order valence-electron chi connectivity index (χ1n) is 16.3. The highest BCUT2D eigenvalue weighted by atomic mass is 32.2. The first-order valence-corrected chi connectivity index (χ1v) is 18.1. The lowest BCUT2D eigenvalue weighted by Crippen LogP contribution is -2.17. The lowest BCUT2D eigenvalue weighted by Gasteiger charge is -2.15. The summed E-state index contributed by atoms with van der Waals surface area (Å²) in [6.07, 6.45) is -7.01. The summed E-state index contributed by atoms with van der Waals surface area (Å²) in [4.78, 5) is 8.59. The first-order chi connectivity index (χ1) is 25.9. The molecule has 0 unspecified atom stereocenters. The maximum Gasteiger partial charge on any atom is 0.573 e. The van der Waals surface area contributed by atoms with Crippen LogP contribution in [0.15, 0.2) is 109 Å². The molecule has 0 saturated carbocycles. The summed E-state index contributed by atoms with van der Waals surface area (Å²) in [5.74, 6) is -4.21. The number of alkyl halides is 6. The largest absolute Gasteiger partial charge is 0.573 e. The molecule has 0 spiro atoms. The van der Waals surface area contributed by atoms with Crippen LogP contribution in [0.5, 0.6) is 11.5 Å². The molecule has 6 nitrogen and oxygen atoms in total. The van der Waals surface area contributed by atoms with Gasteiger partial charge in [-0.1, -0.05) is 60.7 Å². The first kappa shape index (κ1) is 38.9. The molecule has 4 aromatic carbocycles. The van der Waals surface area contributed by atoms with Gasteiger partial charge in [0.05, 0.1) is 22.9 Å². The molecule has 284 valence electrons. The third-order valence-electron chi connectivity index (χ3n) is 8.47. The predicted octanol–water partition coefficient (Wildman–Crippen LogP) is 11.0. The van der Waals surface area contributed by atoms with E-state index in [1.807, 2.05) is 0 Å². The average molecular weight is 785 g/mol. The zero-order valence-corrected chi connectivity index (χ0v) is 29.6. The number of benzene rings is 4. The highest BCUT2D eigenvalue weighted by Gasteiger charge is 2.33. The van der Waals surface area contributed by atoms with Crippen LogP contribution in [0.4, 0.5) is 35.1 Å². The molecular formula is C40H28F8N2O4S. The van der Waals surface area contributed by atoms with Crippen molar-refractivity contribution in [3.8, 4) is 56.3 Å². The number of nitrogens with zero attached hydrogens (tertiary/aromatic N) is 2. The van der Waals surface area contributed by atoms with Crippen LogP contribution >= 0.6 is 0 Å². The van der Waals surface area contributed by atoms with E-state index in [0.29, 0.717) is 22.3 Å². The van der Waals surface area contributed by atoms with Crippen molar-refractivity contribution in [2.24, 2.45) is 0 Å². The highest BCUT2D eigenvalue weighted by molar-refractivity contribution is 7.89. The minimum atomic E-state index is -4.92. The van der Waals surface area contributed by atoms with Gasteiger partial charge in [-0.05, 0) is 72.5 Å². The molecule has 6 rings (SSSR count). The maximum atomic E-state index is 15.5. The molecule has 55 heavy (non-hydrogen) atoms. The molecule has 0 amide bonds. The van der Waals surface area contributed by atoms with Crippen LogP contribution in [-0.4, -0.2) is 31.1 Å². The Morgan fingerprint density at radius 3 is 1.29 bits per heavy atom. The van der Waals surface area contributed by atoms with Crippen molar-refractivity contribution in [2.45, 2.75) is 38.1 Å². The molecule has 0 bridgehead atoms. The Balaban J connectivity index is 1.22. The summed E-state index contributed by atoms with van der Waals surface area (Å²) in [6, 6.07) is 22.1. The number of hydrogen-bond donors (Lipinski definition) is 0. The Morgan fingerprint density at radius 2 is 0.927 bits per heavy atom. The summed E-state index contributed by atoms with van der Waals surface area (Å²) in [5, 5.41) is 0. The minimum absolute atomic E-state index is 0.209. The molecule has 0 aliphatic carbocycles. The highest BCUT2D eigenvalue weighted by Crippen LogP contribution is 2.38. The summed E-state index contributed by atoms with van der Waals surface area (Å²) in [5.41, 5.74) is 2.28. The SMILES string of the molecule is Cc1ccc(-c2cccnc2-c2ccc(CS(=O)(=O)Cc3ccc(-c4ncccc4-c4ccc(C)c(OC(F)(F)F)c4)cc3F)c(F)c2)cc1OC(F)(F)F. The van der Waals surface area contributed by atoms with Crippen LogP contribution in [-0.2, 0) is 21.3 Å². The van der Waals surface area contributed by atoms with Gasteiger partial charge in [-0.3, -0.25) is 9.97 Å². The molecule has 6 aromatic rings. The van der Waals surface area contributed by atoms with Gasteiger partial charge in [0.1, 0.15) is 23.1 Å². The number of aryl methyl sites for hydroxylation is 2. The van der Waals surface area contributed by atoms with Crippen LogP contribution in [0.2, 0.25) is 0 Å². The fourth-order valence-electron chi connectivity index (χ4n) is 5.89. The normalized spacial score (nSPS) is 12.1. The van der Waals surface area contributed by atoms with E-state index < -0.39 is 57.2 Å². The Bertz CT molecular complexity index is 2340. The third-order valence-corrected chi connectivity index (χ3v) is 9.97. The van der Waals surface area contributed by atoms with E-state index in [1.165, 1.54) is 74.8 Å². The fraction of sp³-hybridized carbons (Fsp3) is 0.150. The van der Waals surface area contributed by atoms with E-state index in [-0.39, 0.29) is 44.8 Å². The van der Waals surface area contributed by atoms with Crippen LogP contribution in [0, 0.1) is 25.5 Å². The Hall–Kier alpha value is -5.83. The lowest BCUT2D eigenvalue weighted by atomic mass is 9.97. The van der Waals surface area contributed by atoms with Crippen molar-refractivity contribution < 1.29 is 53.0 Å². The Kier molecular flexibility index (Phi) is 10.7. The second-order valence-corrected chi connectivity index (χ2v) is 14.6. The van der Waals surface area contributed by atoms with Gasteiger partial charge < -0.3 is 9.47 Å². The van der Waals surface area contributed by atoms with Crippen molar-refractivity contribution in [3.05, 3.63) is 143 Å². The van der Waals surface area contributed by atoms with E-state index in [2.05, 4.69) is 19.4 Å². The van der Waals surface area contributed by atoms with Crippen molar-refractivity contribution >= 4 is 9.84 Å². The number of aromatic nitrogens is 2. The molecule has 0 fully saturated rings. The van der Waals surface area contributed by atoms with Crippen LogP contribution in [0.3, 0.4) is 0 Å². The van der Waals surface area contributed by atoms with Gasteiger partial charge in [-0.2, -0.15) is 0 Å². The van der Waals surface area contributed by atoms with Crippen molar-refractivity contribution in [2.75, 3.05) is 0 Å². The van der Waals surface area contributed by atoms with Gasteiger partial charge in [-0.25, -0.2) is 17.2 Å². The van der Waals surface area contributed by atoms with E-state index in [0.717, 1.165) is 12.1 Å². The zero-order valence-electron chi connectivity index (χ0n) is 28.8. The standard InChI is InChI=1S/C40H28F8N2O4S/c1-23-7-9-25(19-35(23)53-39(43,44)45)31-5-3-15-49-37(31)27-11-13-29(33(41)17-27)21-55(51,52)22-30-14-12-28(18-34(30)42)38-32(6-4-16-50-38)26-10-8-24(2)36(20-26)54-40(46,47)48/h3-20H,21-22H2,1-2H3. The Labute approximate surface area is 310 Å². The van der Waals surface area contributed by atoms with Crippen LogP contribution in [0.1, 0.15) is 22.3 Å². The van der Waals surface area contributed by atoms with Crippen LogP contribution < -0.4 is 9.47 Å². The van der Waals surface area contributed by atoms with Crippen molar-refractivity contribution in [1.29, 1.82) is 0 Å². The maximum absolute atomic E-state index is 15.5. The zero-order chi connectivity index (χ0) is 39.7. The molecule has 2 heterocycles. The van der Waals surface area contributed by atoms with Crippen molar-refractivity contribution in [3.63, 3.8) is 0 Å². The van der Waals surface area contributed by atoms with Crippen LogP contribution in [0.25, 0.3) is 44.8 Å². The summed E-state index contributed by atoms with van der Waals surface area (Å²) in [7, 11) is -4.16. The molecule has 0 aliphatic rings. The molecule has 0 radical (unpaired) electrons. The minimum Gasteiger partial charge on any atom is -0.405 e. The number of sulfone groups is 1. The second kappa shape index (κ2) is 15.1. The summed E-state index contributed by atoms with van der Waals surface area (Å²) >= 11 is 0. The van der Waals surface area contributed by atoms with Gasteiger partial charge in [0.25, 0.3) is 0 Å². The smallest absolute Gasteiger partial charge is 0.405 e. The van der Waals surface area contributed by atoms with Gasteiger partial charge in [0.2, 0.25) is 0 Å². The summed E-state index contributed by atoms with van der Waals surface area (Å²) in [6.45, 7) is 2.90. The third kappa shape index (κ3) is 9.46. The monoisotopic (exact) mass is 784 g/mol. The number of ether oxygens (including phenoxy) is 2. The van der Waals surface area contributed by atoms with Gasteiger partial charge >= 0.3 is 12.7 Å². The number of rotatable bonds is 10. The molecule has 0 aliphatic heterocycles. The fourth-order valence-corrected chi connectivity index (χ4v) is 7.41. The average Bonchev–Trinajstić information content (AvgIpc) is 3.11. The molecule has 0 N–H and O–H groups in total. The quantitative estimate of drug-likeness (QED) is 0.129. The Morgan fingerprint density at radius 1 is 0.545 bits per heavy atom. The second-order valence-electron chi connectivity index (χ2n) is 12.5. The number of hydrogen-bond acceptors (Lipinski definition) is 6. The van der Waals surface area contributed by atoms with Crippen molar-refractivity contribution in [1.82, 2.24) is 9.97 Å². The van der Waals surface area contributed by atoms with Gasteiger partial charge in [0.15, 0.2) is 9.84 Å². The predicted molar refractivity (Wildman–Crippen MR) is 189 cm³/mol. The number of pyridine rings is 2. The molecule has 0 atom stereocenters. The topological polar surface area (TPSA) is 78.4 Å². The lowest BCUT2D eigenvalue weighted by molar-refractivity contribution is -0.275. The van der Waals surface area contributed by atoms with E-state index in [4.69, 9.17) is 0 Å². The van der Waals surface area contributed by atoms with Gasteiger partial charge in [0, 0.05) is 45.8 Å². The number of halogens is 8. The molecule has 2 aromatic heterocycles. The van der Waals surface area contributed by atoms with E-state index in [9.17, 15) is 34.8 Å². The summed E-state index contributed by atoms with van der Waals surface area (Å²) < 4.78 is 144. The molecule has 0 saturated heterocycles. The van der Waals surface area contributed by atoms with Gasteiger partial charge in [-0.15, -0.1) is 26.3 Å². The molecular weight excluding hydrogens is 757 g/mol. The van der Waals surface area contributed by atoms with E-state index in [1.54, 1.807) is 36.4 Å². The molecule has 15 heteroatoms. The van der Waals surface area contributed by atoms with E-state index >= 15 is 8.78 Å².